The fourth-order valence-electron chi connectivity index (χ4n) is 5.32. The highest BCUT2D eigenvalue weighted by Gasteiger charge is 2.34. The maximum atomic E-state index is 14.3. The van der Waals surface area contributed by atoms with Crippen LogP contribution in [-0.4, -0.2) is 47.8 Å². The summed E-state index contributed by atoms with van der Waals surface area (Å²) < 4.78 is 39.7. The number of hydrogen-bond acceptors (Lipinski definition) is 4. The van der Waals surface area contributed by atoms with Gasteiger partial charge >= 0.3 is 6.18 Å². The van der Waals surface area contributed by atoms with Crippen LogP contribution in [0.15, 0.2) is 107 Å². The first-order valence-electron chi connectivity index (χ1n) is 14.5. The predicted octanol–water partition coefficient (Wildman–Crippen LogP) is 6.67. The maximum Gasteiger partial charge on any atom is 0.416 e. The topological polar surface area (TPSA) is 52.7 Å². The van der Waals surface area contributed by atoms with Crippen LogP contribution in [0.2, 0.25) is 0 Å². The third kappa shape index (κ3) is 8.45. The predicted molar refractivity (Wildman–Crippen MR) is 168 cm³/mol. The molecule has 44 heavy (non-hydrogen) atoms. The Bertz CT molecular complexity index is 1530. The van der Waals surface area contributed by atoms with Gasteiger partial charge in [0.1, 0.15) is 0 Å². The second kappa shape index (κ2) is 14.5. The van der Waals surface area contributed by atoms with Gasteiger partial charge in [-0.05, 0) is 63.7 Å². The molecule has 1 atom stereocenters. The summed E-state index contributed by atoms with van der Waals surface area (Å²) >= 11 is 1.52. The van der Waals surface area contributed by atoms with Gasteiger partial charge in [0.05, 0.1) is 11.5 Å². The molecule has 3 aromatic carbocycles. The lowest BCUT2D eigenvalue weighted by Crippen LogP contribution is -2.51. The molecule has 2 heterocycles. The van der Waals surface area contributed by atoms with Gasteiger partial charge in [-0.25, -0.2) is 0 Å². The van der Waals surface area contributed by atoms with Gasteiger partial charge in [0, 0.05) is 44.8 Å². The molecule has 0 unspecified atom stereocenters. The number of hydrogen-bond donors (Lipinski definition) is 1. The average molecular weight is 618 g/mol. The van der Waals surface area contributed by atoms with Crippen molar-refractivity contribution >= 4 is 29.2 Å². The summed E-state index contributed by atoms with van der Waals surface area (Å²) in [6.45, 7) is 3.49. The van der Waals surface area contributed by atoms with Crippen LogP contribution in [0.1, 0.15) is 27.8 Å². The first-order chi connectivity index (χ1) is 21.3. The molecule has 5 nitrogen and oxygen atoms in total. The van der Waals surface area contributed by atoms with E-state index in [4.69, 9.17) is 0 Å². The van der Waals surface area contributed by atoms with E-state index in [-0.39, 0.29) is 24.4 Å². The van der Waals surface area contributed by atoms with Crippen LogP contribution in [0.25, 0.3) is 6.08 Å². The Morgan fingerprint density at radius 3 is 2.05 bits per heavy atom. The Labute approximate surface area is 259 Å². The van der Waals surface area contributed by atoms with Crippen LogP contribution in [0, 0.1) is 5.92 Å². The van der Waals surface area contributed by atoms with E-state index in [1.165, 1.54) is 29.0 Å². The Morgan fingerprint density at radius 2 is 1.45 bits per heavy atom. The van der Waals surface area contributed by atoms with E-state index in [1.54, 1.807) is 6.08 Å². The zero-order valence-electron chi connectivity index (χ0n) is 24.2. The molecule has 1 aromatic heterocycles. The molecule has 228 valence electrons. The summed E-state index contributed by atoms with van der Waals surface area (Å²) in [7, 11) is 0. The van der Waals surface area contributed by atoms with Crippen LogP contribution in [0.4, 0.5) is 13.2 Å². The highest BCUT2D eigenvalue weighted by Crippen LogP contribution is 2.30. The van der Waals surface area contributed by atoms with E-state index in [0.717, 1.165) is 29.8 Å². The van der Waals surface area contributed by atoms with Gasteiger partial charge in [0.2, 0.25) is 11.8 Å². The van der Waals surface area contributed by atoms with Crippen LogP contribution >= 0.6 is 11.3 Å². The Kier molecular flexibility index (Phi) is 10.3. The van der Waals surface area contributed by atoms with Crippen LogP contribution in [0.3, 0.4) is 0 Å². The number of carbonyl (C=O) groups excluding carboxylic acids is 2. The smallest absolute Gasteiger partial charge is 0.348 e. The van der Waals surface area contributed by atoms with Crippen molar-refractivity contribution in [1.82, 2.24) is 15.1 Å². The minimum Gasteiger partial charge on any atom is -0.348 e. The molecule has 1 fully saturated rings. The first kappa shape index (κ1) is 31.2. The van der Waals surface area contributed by atoms with E-state index in [0.29, 0.717) is 31.7 Å². The minimum absolute atomic E-state index is 0.169. The third-order valence-electron chi connectivity index (χ3n) is 7.74. The first-order valence-corrected chi connectivity index (χ1v) is 15.5. The summed E-state index contributed by atoms with van der Waals surface area (Å²) in [5.41, 5.74) is 2.88. The SMILES string of the molecule is O=C(NCc1ccsc1)C(=Cc1ccc(C(F)(F)F)cc1)[C@H](Cc1ccccc1)C(=O)N1CCN(Cc2ccccc2)CC1. The Balaban J connectivity index is 1.42. The number of rotatable bonds is 10. The van der Waals surface area contributed by atoms with E-state index >= 15 is 0 Å². The molecule has 1 aliphatic rings. The van der Waals surface area contributed by atoms with E-state index in [9.17, 15) is 22.8 Å². The number of amides is 2. The lowest BCUT2D eigenvalue weighted by molar-refractivity contribution is -0.138. The van der Waals surface area contributed by atoms with Crippen molar-refractivity contribution in [3.63, 3.8) is 0 Å². The van der Waals surface area contributed by atoms with Gasteiger partial charge in [0.15, 0.2) is 0 Å². The molecule has 0 radical (unpaired) electrons. The summed E-state index contributed by atoms with van der Waals surface area (Å²) in [5, 5.41) is 6.79. The van der Waals surface area contributed by atoms with Crippen molar-refractivity contribution in [3.05, 3.63) is 135 Å². The molecular weight excluding hydrogens is 583 g/mol. The molecule has 0 saturated carbocycles. The van der Waals surface area contributed by atoms with Crippen molar-refractivity contribution in [2.24, 2.45) is 5.92 Å². The van der Waals surface area contributed by atoms with E-state index in [1.807, 2.05) is 70.3 Å². The van der Waals surface area contributed by atoms with Gasteiger partial charge in [-0.1, -0.05) is 72.8 Å². The normalized spacial score (nSPS) is 15.2. The molecule has 0 bridgehead atoms. The lowest BCUT2D eigenvalue weighted by atomic mass is 9.88. The lowest BCUT2D eigenvalue weighted by Gasteiger charge is -2.37. The molecule has 0 spiro atoms. The van der Waals surface area contributed by atoms with Gasteiger partial charge in [-0.15, -0.1) is 0 Å². The van der Waals surface area contributed by atoms with Crippen LogP contribution in [0.5, 0.6) is 0 Å². The monoisotopic (exact) mass is 617 g/mol. The minimum atomic E-state index is -4.47. The molecule has 5 rings (SSSR count). The van der Waals surface area contributed by atoms with E-state index in [2.05, 4.69) is 22.3 Å². The quantitative estimate of drug-likeness (QED) is 0.202. The highest BCUT2D eigenvalue weighted by atomic mass is 32.1. The highest BCUT2D eigenvalue weighted by molar-refractivity contribution is 7.07. The number of halogens is 3. The van der Waals surface area contributed by atoms with Crippen molar-refractivity contribution in [2.75, 3.05) is 26.2 Å². The molecular formula is C35H34F3N3O2S. The van der Waals surface area contributed by atoms with Gasteiger partial charge < -0.3 is 10.2 Å². The van der Waals surface area contributed by atoms with Gasteiger partial charge in [-0.3, -0.25) is 14.5 Å². The number of piperazine rings is 1. The molecule has 1 saturated heterocycles. The largest absolute Gasteiger partial charge is 0.416 e. The molecule has 2 amide bonds. The number of nitrogens with one attached hydrogen (secondary N) is 1. The van der Waals surface area contributed by atoms with Gasteiger partial charge in [0.25, 0.3) is 0 Å². The number of carbonyl (C=O) groups is 2. The summed E-state index contributed by atoms with van der Waals surface area (Å²) in [6.07, 6.45) is -2.64. The summed E-state index contributed by atoms with van der Waals surface area (Å²) in [4.78, 5) is 32.2. The summed E-state index contributed by atoms with van der Waals surface area (Å²) in [6, 6.07) is 26.2. The average Bonchev–Trinajstić information content (AvgIpc) is 3.56. The van der Waals surface area contributed by atoms with Crippen molar-refractivity contribution in [3.8, 4) is 0 Å². The fraction of sp³-hybridized carbons (Fsp3) is 0.257. The maximum absolute atomic E-state index is 14.3. The van der Waals surface area contributed by atoms with Crippen LogP contribution in [-0.2, 0) is 35.3 Å². The second-order valence-corrected chi connectivity index (χ2v) is 11.6. The van der Waals surface area contributed by atoms with Crippen molar-refractivity contribution in [2.45, 2.75) is 25.7 Å². The Morgan fingerprint density at radius 1 is 0.818 bits per heavy atom. The standard InChI is InChI=1S/C35H34F3N3O2S/c36-35(37,38)30-13-11-27(12-14-30)21-31(33(42)39-23-29-15-20-44-25-29)32(22-26-7-3-1-4-8-26)34(43)41-18-16-40(17-19-41)24-28-9-5-2-6-10-28/h1-15,20-21,25,32H,16-19,22-24H2,(H,39,42)/t32-/m0/s1. The Hall–Kier alpha value is -4.21. The number of benzene rings is 3. The van der Waals surface area contributed by atoms with Crippen molar-refractivity contribution < 1.29 is 22.8 Å². The molecule has 1 N–H and O–H groups in total. The van der Waals surface area contributed by atoms with E-state index < -0.39 is 23.6 Å². The van der Waals surface area contributed by atoms with Crippen molar-refractivity contribution in [1.29, 1.82) is 0 Å². The molecule has 9 heteroatoms. The zero-order chi connectivity index (χ0) is 30.9. The zero-order valence-corrected chi connectivity index (χ0v) is 25.0. The number of alkyl halides is 3. The number of nitrogens with zero attached hydrogens (tertiary/aromatic N) is 2. The van der Waals surface area contributed by atoms with Crippen LogP contribution < -0.4 is 5.32 Å². The molecule has 0 aliphatic carbocycles. The second-order valence-electron chi connectivity index (χ2n) is 10.9. The third-order valence-corrected chi connectivity index (χ3v) is 8.48. The van der Waals surface area contributed by atoms with Gasteiger partial charge in [-0.2, -0.15) is 24.5 Å². The fourth-order valence-corrected chi connectivity index (χ4v) is 5.99. The molecule has 1 aliphatic heterocycles. The molecule has 4 aromatic rings. The summed E-state index contributed by atoms with van der Waals surface area (Å²) in [5.74, 6) is -1.42. The number of thiophene rings is 1.